The molecule has 0 aromatic heterocycles. The summed E-state index contributed by atoms with van der Waals surface area (Å²) in [5.74, 6) is 0. The monoisotopic (exact) mass is 276 g/mol. The highest BCUT2D eigenvalue weighted by atomic mass is 79.9. The van der Waals surface area contributed by atoms with E-state index in [1.807, 2.05) is 0 Å². The molecule has 1 aliphatic rings. The van der Waals surface area contributed by atoms with E-state index in [1.54, 1.807) is 35.5 Å². The van der Waals surface area contributed by atoms with Gasteiger partial charge >= 0.3 is 0 Å². The lowest BCUT2D eigenvalue weighted by atomic mass is 9.95. The third kappa shape index (κ3) is 2.97. The van der Waals surface area contributed by atoms with E-state index in [0.29, 0.717) is 6.61 Å². The fourth-order valence-electron chi connectivity index (χ4n) is 1.56. The molecule has 1 saturated heterocycles. The molecule has 0 amide bonds. The van der Waals surface area contributed by atoms with Crippen molar-refractivity contribution in [2.75, 3.05) is 6.61 Å². The Morgan fingerprint density at radius 3 is 2.67 bits per heavy atom. The molecule has 4 nitrogen and oxygen atoms in total. The van der Waals surface area contributed by atoms with Crippen molar-refractivity contribution in [3.8, 4) is 0 Å². The number of hydrogen-bond acceptors (Lipinski definition) is 4. The molecule has 4 unspecified atom stereocenters. The maximum atomic E-state index is 10.1. The molecular formula is C8H15B2BrO4. The van der Waals surface area contributed by atoms with Gasteiger partial charge in [-0.3, -0.25) is 0 Å². The van der Waals surface area contributed by atoms with Crippen molar-refractivity contribution in [3.05, 3.63) is 0 Å². The van der Waals surface area contributed by atoms with Gasteiger partial charge in [0.1, 0.15) is 22.8 Å². The zero-order valence-corrected chi connectivity index (χ0v) is 10.7. The Morgan fingerprint density at radius 1 is 1.47 bits per heavy atom. The van der Waals surface area contributed by atoms with Gasteiger partial charge < -0.3 is 19.2 Å². The van der Waals surface area contributed by atoms with E-state index in [2.05, 4.69) is 15.9 Å². The molecular weight excluding hydrogens is 262 g/mol. The molecule has 84 valence electrons. The summed E-state index contributed by atoms with van der Waals surface area (Å²) in [6.45, 7) is 5.60. The maximum Gasteiger partial charge on any atom is 0.289 e. The van der Waals surface area contributed by atoms with Gasteiger partial charge in [0.2, 0.25) is 0 Å². The van der Waals surface area contributed by atoms with Gasteiger partial charge in [0.15, 0.2) is 0 Å². The number of hydrogen-bond donors (Lipinski definition) is 1. The summed E-state index contributed by atoms with van der Waals surface area (Å²) >= 11 is 3.27. The zero-order chi connectivity index (χ0) is 11.5. The summed E-state index contributed by atoms with van der Waals surface area (Å²) in [6, 6.07) is 0. The number of alkyl halides is 1. The van der Waals surface area contributed by atoms with Crippen LogP contribution in [0.1, 0.15) is 6.92 Å². The van der Waals surface area contributed by atoms with Crippen LogP contribution in [0.5, 0.6) is 0 Å². The quantitative estimate of drug-likeness (QED) is 0.590. The second-order valence-electron chi connectivity index (χ2n) is 3.58. The molecule has 1 fully saturated rings. The third-order valence-corrected chi connectivity index (χ3v) is 3.52. The van der Waals surface area contributed by atoms with Crippen molar-refractivity contribution in [2.45, 2.75) is 43.4 Å². The Kier molecular flexibility index (Phi) is 5.12. The van der Waals surface area contributed by atoms with Crippen LogP contribution in [0.3, 0.4) is 0 Å². The van der Waals surface area contributed by atoms with E-state index in [4.69, 9.17) is 14.0 Å². The van der Waals surface area contributed by atoms with Gasteiger partial charge in [-0.2, -0.15) is 0 Å². The van der Waals surface area contributed by atoms with Crippen molar-refractivity contribution in [3.63, 3.8) is 0 Å². The predicted molar refractivity (Wildman–Crippen MR) is 62.3 cm³/mol. The normalized spacial score (nSPS) is 40.5. The van der Waals surface area contributed by atoms with E-state index in [1.165, 1.54) is 0 Å². The topological polar surface area (TPSA) is 47.9 Å². The third-order valence-electron chi connectivity index (χ3n) is 2.38. The molecule has 0 aliphatic carbocycles. The smallest absolute Gasteiger partial charge is 0.289 e. The van der Waals surface area contributed by atoms with Gasteiger partial charge in [-0.25, -0.2) is 0 Å². The molecule has 1 rings (SSSR count). The molecule has 1 heterocycles. The highest BCUT2D eigenvalue weighted by Crippen LogP contribution is 2.36. The van der Waals surface area contributed by atoms with Gasteiger partial charge in [0, 0.05) is 0 Å². The van der Waals surface area contributed by atoms with Gasteiger partial charge in [-0.15, -0.1) is 0 Å². The Morgan fingerprint density at radius 2 is 2.13 bits per heavy atom. The Hall–Kier alpha value is 0.450. The number of aliphatic hydroxyl groups is 1. The van der Waals surface area contributed by atoms with Gasteiger partial charge in [0.05, 0.1) is 6.61 Å². The second-order valence-corrected chi connectivity index (χ2v) is 4.41. The van der Waals surface area contributed by atoms with Crippen LogP contribution in [0.4, 0.5) is 0 Å². The molecule has 1 aliphatic heterocycles. The highest BCUT2D eigenvalue weighted by Gasteiger charge is 2.51. The first kappa shape index (κ1) is 13.5. The minimum absolute atomic E-state index is 0.281. The molecule has 0 spiro atoms. The fourth-order valence-corrected chi connectivity index (χ4v) is 2.10. The summed E-state index contributed by atoms with van der Waals surface area (Å²) in [5, 5.41) is 9.70. The molecule has 15 heavy (non-hydrogen) atoms. The van der Waals surface area contributed by atoms with Crippen LogP contribution >= 0.6 is 15.9 Å². The molecule has 0 aromatic carbocycles. The van der Waals surface area contributed by atoms with Crippen LogP contribution in [0.15, 0.2) is 0 Å². The molecule has 2 radical (unpaired) electrons. The Balaban J connectivity index is 2.63. The molecule has 1 N–H and O–H groups in total. The molecule has 0 bridgehead atoms. The molecule has 7 heteroatoms. The largest absolute Gasteiger partial charge is 0.438 e. The number of rotatable bonds is 5. The van der Waals surface area contributed by atoms with E-state index in [-0.39, 0.29) is 6.10 Å². The van der Waals surface area contributed by atoms with Crippen LogP contribution in [0.2, 0.25) is 13.6 Å². The molecule has 0 aromatic rings. The lowest BCUT2D eigenvalue weighted by Gasteiger charge is -2.28. The number of ether oxygens (including phenoxy) is 1. The lowest BCUT2D eigenvalue weighted by molar-refractivity contribution is -0.0286. The summed E-state index contributed by atoms with van der Waals surface area (Å²) in [6.07, 6.45) is -0.705. The summed E-state index contributed by atoms with van der Waals surface area (Å²) in [4.78, 5) is 0. The summed E-state index contributed by atoms with van der Waals surface area (Å²) < 4.78 is 16.1. The van der Waals surface area contributed by atoms with Crippen molar-refractivity contribution >= 4 is 30.9 Å². The standard InChI is InChI=1S/C8H15B2BrO4/c1-8(12)6(15-10-3)5(4-13-9-2)14-7(8)11/h5-7,12H,4H2,1-3H3. The number of halogens is 1. The lowest BCUT2D eigenvalue weighted by Crippen LogP contribution is -2.46. The SMILES string of the molecule is C[B]OCC1OC(Br)C(C)(O)C1O[B]C. The van der Waals surface area contributed by atoms with E-state index >= 15 is 0 Å². The zero-order valence-electron chi connectivity index (χ0n) is 9.14. The molecule has 4 atom stereocenters. The van der Waals surface area contributed by atoms with Crippen molar-refractivity contribution < 1.29 is 19.2 Å². The van der Waals surface area contributed by atoms with E-state index in [9.17, 15) is 5.11 Å². The van der Waals surface area contributed by atoms with Crippen molar-refractivity contribution in [1.82, 2.24) is 0 Å². The van der Waals surface area contributed by atoms with Gasteiger partial charge in [-0.05, 0) is 6.92 Å². The predicted octanol–water partition coefficient (Wildman–Crippen LogP) is 0.594. The van der Waals surface area contributed by atoms with E-state index < -0.39 is 16.7 Å². The highest BCUT2D eigenvalue weighted by molar-refractivity contribution is 9.09. The first-order valence-corrected chi connectivity index (χ1v) is 5.80. The second kappa shape index (κ2) is 5.68. The Bertz CT molecular complexity index is 205. The van der Waals surface area contributed by atoms with Crippen LogP contribution in [0.25, 0.3) is 0 Å². The van der Waals surface area contributed by atoms with Gasteiger partial charge in [0.25, 0.3) is 15.0 Å². The van der Waals surface area contributed by atoms with Crippen LogP contribution in [-0.4, -0.2) is 49.5 Å². The van der Waals surface area contributed by atoms with Gasteiger partial charge in [-0.1, -0.05) is 29.6 Å². The summed E-state index contributed by atoms with van der Waals surface area (Å²) in [5.41, 5.74) is -1.06. The maximum absolute atomic E-state index is 10.1. The minimum atomic E-state index is -1.06. The summed E-state index contributed by atoms with van der Waals surface area (Å²) in [7, 11) is 3.14. The first-order valence-electron chi connectivity index (χ1n) is 4.88. The minimum Gasteiger partial charge on any atom is -0.438 e. The van der Waals surface area contributed by atoms with Crippen LogP contribution < -0.4 is 0 Å². The van der Waals surface area contributed by atoms with Crippen LogP contribution in [-0.2, 0) is 14.0 Å². The van der Waals surface area contributed by atoms with Crippen LogP contribution in [0, 0.1) is 0 Å². The average Bonchev–Trinajstić information content (AvgIpc) is 2.39. The van der Waals surface area contributed by atoms with Crippen molar-refractivity contribution in [1.29, 1.82) is 0 Å². The Labute approximate surface area is 100 Å². The van der Waals surface area contributed by atoms with Crippen molar-refractivity contribution in [2.24, 2.45) is 0 Å². The fraction of sp³-hybridized carbons (Fsp3) is 1.00. The average molecular weight is 277 g/mol. The first-order chi connectivity index (χ1) is 7.04. The van der Waals surface area contributed by atoms with E-state index in [0.717, 1.165) is 0 Å². The molecule has 0 saturated carbocycles.